The van der Waals surface area contributed by atoms with Crippen molar-refractivity contribution in [2.45, 2.75) is 30.3 Å². The summed E-state index contributed by atoms with van der Waals surface area (Å²) in [5.74, 6) is 0.391. The van der Waals surface area contributed by atoms with E-state index in [1.54, 1.807) is 0 Å². The zero-order chi connectivity index (χ0) is 11.5. The molecule has 0 aromatic carbocycles. The molecule has 1 saturated heterocycles. The lowest BCUT2D eigenvalue weighted by molar-refractivity contribution is -0.0700. The predicted octanol–water partition coefficient (Wildman–Crippen LogP) is 0.674. The largest absolute Gasteiger partial charge is 0.444 e. The van der Waals surface area contributed by atoms with Crippen molar-refractivity contribution >= 4 is 18.7 Å². The van der Waals surface area contributed by atoms with Gasteiger partial charge in [-0.1, -0.05) is 12.6 Å². The van der Waals surface area contributed by atoms with Gasteiger partial charge in [-0.25, -0.2) is 4.79 Å². The van der Waals surface area contributed by atoms with Gasteiger partial charge in [-0.05, 0) is 12.8 Å². The van der Waals surface area contributed by atoms with Crippen molar-refractivity contribution in [2.24, 2.45) is 5.73 Å². The summed E-state index contributed by atoms with van der Waals surface area (Å²) in [5.41, 5.74) is 4.90. The van der Waals surface area contributed by atoms with Crippen LogP contribution in [0.3, 0.4) is 0 Å². The smallest absolute Gasteiger partial charge is 0.404 e. The first-order chi connectivity index (χ1) is 7.65. The van der Waals surface area contributed by atoms with Gasteiger partial charge < -0.3 is 19.6 Å². The number of nitrogens with zero attached hydrogens (tertiary/aromatic N) is 2. The molecule has 2 heterocycles. The standard InChI is InChI=1S/C8H11N3O4S/c9-7(12)14-4-1-2-5(13-3-4)6-10-11-8(16)15-6/h4-5H,1-3H2,(H2,9,12)(H,11,16)/t4-,5+/m1/s1. The molecule has 88 valence electrons. The third-order valence-electron chi connectivity index (χ3n) is 2.22. The number of carbonyl (C=O) groups excluding carboxylic acids is 1. The van der Waals surface area contributed by atoms with Crippen molar-refractivity contribution in [1.82, 2.24) is 10.2 Å². The first-order valence-electron chi connectivity index (χ1n) is 4.75. The lowest BCUT2D eigenvalue weighted by Crippen LogP contribution is -2.31. The molecule has 1 amide bonds. The van der Waals surface area contributed by atoms with Gasteiger partial charge in [0.05, 0.1) is 6.61 Å². The van der Waals surface area contributed by atoms with Gasteiger partial charge >= 0.3 is 6.09 Å². The van der Waals surface area contributed by atoms with Crippen LogP contribution in [0.5, 0.6) is 0 Å². The van der Waals surface area contributed by atoms with E-state index in [1.807, 2.05) is 0 Å². The number of rotatable bonds is 2. The Balaban J connectivity index is 1.87. The van der Waals surface area contributed by atoms with Gasteiger partial charge in [0, 0.05) is 0 Å². The number of ether oxygens (including phenoxy) is 2. The highest BCUT2D eigenvalue weighted by Gasteiger charge is 2.28. The molecule has 1 aromatic heterocycles. The maximum atomic E-state index is 10.5. The molecule has 0 bridgehead atoms. The number of carbonyl (C=O) groups is 1. The minimum Gasteiger partial charge on any atom is -0.444 e. The van der Waals surface area contributed by atoms with Crippen molar-refractivity contribution in [2.75, 3.05) is 6.61 Å². The van der Waals surface area contributed by atoms with E-state index in [0.29, 0.717) is 18.7 Å². The van der Waals surface area contributed by atoms with Crippen LogP contribution in [0.2, 0.25) is 0 Å². The Hall–Kier alpha value is -1.28. The van der Waals surface area contributed by atoms with Crippen molar-refractivity contribution in [3.05, 3.63) is 5.89 Å². The molecule has 2 N–H and O–H groups in total. The zero-order valence-corrected chi connectivity index (χ0v) is 9.22. The van der Waals surface area contributed by atoms with E-state index in [2.05, 4.69) is 22.8 Å². The Morgan fingerprint density at radius 1 is 1.50 bits per heavy atom. The molecule has 1 aliphatic heterocycles. The van der Waals surface area contributed by atoms with Gasteiger partial charge in [0.25, 0.3) is 5.22 Å². The van der Waals surface area contributed by atoms with E-state index in [1.165, 1.54) is 0 Å². The monoisotopic (exact) mass is 245 g/mol. The Kier molecular flexibility index (Phi) is 3.30. The van der Waals surface area contributed by atoms with Gasteiger partial charge in [-0.3, -0.25) is 0 Å². The second kappa shape index (κ2) is 4.71. The number of thiol groups is 1. The normalized spacial score (nSPS) is 25.3. The van der Waals surface area contributed by atoms with Gasteiger partial charge in [-0.15, -0.1) is 10.2 Å². The Bertz CT molecular complexity index is 375. The molecule has 1 fully saturated rings. The van der Waals surface area contributed by atoms with Crippen LogP contribution in [0.15, 0.2) is 9.64 Å². The summed E-state index contributed by atoms with van der Waals surface area (Å²) < 4.78 is 15.4. The van der Waals surface area contributed by atoms with Crippen LogP contribution in [-0.2, 0) is 9.47 Å². The molecule has 1 aliphatic rings. The lowest BCUT2D eigenvalue weighted by Gasteiger charge is -2.26. The van der Waals surface area contributed by atoms with E-state index in [0.717, 1.165) is 0 Å². The minimum absolute atomic E-state index is 0.203. The second-order valence-corrected chi connectivity index (χ2v) is 3.76. The van der Waals surface area contributed by atoms with Crippen molar-refractivity contribution < 1.29 is 18.7 Å². The van der Waals surface area contributed by atoms with Crippen molar-refractivity contribution in [3.63, 3.8) is 0 Å². The van der Waals surface area contributed by atoms with Crippen LogP contribution in [-0.4, -0.2) is 29.0 Å². The van der Waals surface area contributed by atoms with E-state index < -0.39 is 6.09 Å². The average Bonchev–Trinajstić information content (AvgIpc) is 2.65. The summed E-state index contributed by atoms with van der Waals surface area (Å²) in [5, 5.41) is 7.60. The van der Waals surface area contributed by atoms with Crippen LogP contribution >= 0.6 is 12.6 Å². The fourth-order valence-corrected chi connectivity index (χ4v) is 1.67. The third kappa shape index (κ3) is 2.64. The summed E-state index contributed by atoms with van der Waals surface area (Å²) in [7, 11) is 0. The second-order valence-electron chi connectivity index (χ2n) is 3.38. The van der Waals surface area contributed by atoms with Crippen molar-refractivity contribution in [3.8, 4) is 0 Å². The van der Waals surface area contributed by atoms with Gasteiger partial charge in [0.1, 0.15) is 12.2 Å². The summed E-state index contributed by atoms with van der Waals surface area (Å²) >= 11 is 3.91. The first kappa shape index (κ1) is 11.2. The average molecular weight is 245 g/mol. The first-order valence-corrected chi connectivity index (χ1v) is 5.20. The molecule has 2 rings (SSSR count). The molecular weight excluding hydrogens is 234 g/mol. The molecular formula is C8H11N3O4S. The Labute approximate surface area is 96.7 Å². The third-order valence-corrected chi connectivity index (χ3v) is 2.40. The van der Waals surface area contributed by atoms with Crippen molar-refractivity contribution in [1.29, 1.82) is 0 Å². The molecule has 16 heavy (non-hydrogen) atoms. The molecule has 0 saturated carbocycles. The highest BCUT2D eigenvalue weighted by atomic mass is 32.1. The highest BCUT2D eigenvalue weighted by Crippen LogP contribution is 2.28. The summed E-state index contributed by atoms with van der Waals surface area (Å²) in [6, 6.07) is 0. The topological polar surface area (TPSA) is 100 Å². The quantitative estimate of drug-likeness (QED) is 0.743. The van der Waals surface area contributed by atoms with Crippen LogP contribution in [0.1, 0.15) is 24.8 Å². The van der Waals surface area contributed by atoms with E-state index in [-0.39, 0.29) is 24.0 Å². The fourth-order valence-electron chi connectivity index (χ4n) is 1.54. The molecule has 2 atom stereocenters. The van der Waals surface area contributed by atoms with Gasteiger partial charge in [-0.2, -0.15) is 0 Å². The number of nitrogens with two attached hydrogens (primary N) is 1. The fraction of sp³-hybridized carbons (Fsp3) is 0.625. The predicted molar refractivity (Wildman–Crippen MR) is 53.9 cm³/mol. The van der Waals surface area contributed by atoms with E-state index in [4.69, 9.17) is 19.6 Å². The molecule has 0 aliphatic carbocycles. The van der Waals surface area contributed by atoms with E-state index in [9.17, 15) is 4.79 Å². The molecule has 0 radical (unpaired) electrons. The molecule has 8 heteroatoms. The van der Waals surface area contributed by atoms with Gasteiger partial charge in [0.2, 0.25) is 5.89 Å². The molecule has 0 unspecified atom stereocenters. The maximum Gasteiger partial charge on any atom is 0.404 e. The number of primary amides is 1. The number of hydrogen-bond acceptors (Lipinski definition) is 7. The Morgan fingerprint density at radius 2 is 2.31 bits per heavy atom. The summed E-state index contributed by atoms with van der Waals surface area (Å²) in [6.07, 6.45) is -0.0682. The molecule has 7 nitrogen and oxygen atoms in total. The van der Waals surface area contributed by atoms with Crippen LogP contribution < -0.4 is 5.73 Å². The minimum atomic E-state index is -0.789. The lowest BCUT2D eigenvalue weighted by atomic mass is 10.1. The van der Waals surface area contributed by atoms with Gasteiger partial charge in [0.15, 0.2) is 0 Å². The molecule has 0 spiro atoms. The van der Waals surface area contributed by atoms with E-state index >= 15 is 0 Å². The summed E-state index contributed by atoms with van der Waals surface area (Å²) in [4.78, 5) is 10.5. The SMILES string of the molecule is NC(=O)O[C@@H]1CC[C@@H](c2nnc(S)o2)OC1. The Morgan fingerprint density at radius 3 is 2.81 bits per heavy atom. The zero-order valence-electron chi connectivity index (χ0n) is 8.33. The number of amides is 1. The number of aromatic nitrogens is 2. The van der Waals surface area contributed by atoms with Crippen LogP contribution in [0.4, 0.5) is 4.79 Å². The number of hydrogen-bond donors (Lipinski definition) is 2. The maximum absolute atomic E-state index is 10.5. The van der Waals surface area contributed by atoms with Crippen LogP contribution in [0.25, 0.3) is 0 Å². The highest BCUT2D eigenvalue weighted by molar-refractivity contribution is 7.80. The van der Waals surface area contributed by atoms with Crippen LogP contribution in [0, 0.1) is 0 Å². The molecule has 1 aromatic rings. The summed E-state index contributed by atoms with van der Waals surface area (Å²) in [6.45, 7) is 0.276.